The average Bonchev–Trinajstić information content (AvgIpc) is 2.51. The molecule has 1 aromatic rings. The van der Waals surface area contributed by atoms with Gasteiger partial charge in [-0.15, -0.1) is 0 Å². The maximum Gasteiger partial charge on any atom is 0.335 e. The zero-order valence-corrected chi connectivity index (χ0v) is 14.1. The van der Waals surface area contributed by atoms with Crippen molar-refractivity contribution < 1.29 is 24.6 Å². The number of anilines is 1. The van der Waals surface area contributed by atoms with E-state index in [1.54, 1.807) is 6.92 Å². The molecule has 6 nitrogen and oxygen atoms in total. The van der Waals surface area contributed by atoms with E-state index in [-0.39, 0.29) is 23.8 Å². The first-order chi connectivity index (χ1) is 11.3. The second-order valence-electron chi connectivity index (χ2n) is 6.05. The molecule has 0 aliphatic carbocycles. The van der Waals surface area contributed by atoms with Crippen molar-refractivity contribution in [2.24, 2.45) is 11.8 Å². The highest BCUT2D eigenvalue weighted by atomic mass is 16.4. The first-order valence-corrected chi connectivity index (χ1v) is 8.21. The molecule has 0 bridgehead atoms. The number of rotatable bonds is 10. The molecule has 3 N–H and O–H groups in total. The summed E-state index contributed by atoms with van der Waals surface area (Å²) in [6.07, 6.45) is 3.54. The standard InChI is InChI=1S/C18H25NO5/c1-3-4-5-6-15(18(23)24)12(2)11-16(20)19-14-9-7-13(8-10-14)17(21)22/h7-10,12,15H,3-6,11H2,1-2H3,(H,19,20)(H,21,22)(H,23,24)/t12-,15-/m1/s1. The van der Waals surface area contributed by atoms with Gasteiger partial charge in [0.1, 0.15) is 0 Å². The minimum atomic E-state index is -1.03. The topological polar surface area (TPSA) is 104 Å². The summed E-state index contributed by atoms with van der Waals surface area (Å²) in [4.78, 5) is 34.3. The highest BCUT2D eigenvalue weighted by molar-refractivity contribution is 5.92. The third-order valence-corrected chi connectivity index (χ3v) is 4.05. The summed E-state index contributed by atoms with van der Waals surface area (Å²) in [6, 6.07) is 5.85. The Morgan fingerprint density at radius 2 is 1.71 bits per heavy atom. The number of aromatic carboxylic acids is 1. The van der Waals surface area contributed by atoms with Crippen LogP contribution in [0.3, 0.4) is 0 Å². The van der Waals surface area contributed by atoms with E-state index in [1.165, 1.54) is 24.3 Å². The first kappa shape index (κ1) is 19.7. The molecule has 132 valence electrons. The molecule has 0 unspecified atom stereocenters. The molecule has 0 aliphatic rings. The SMILES string of the molecule is CCCCC[C@@H](C(=O)O)[C@H](C)CC(=O)Nc1ccc(C(=O)O)cc1. The normalized spacial score (nSPS) is 13.1. The summed E-state index contributed by atoms with van der Waals surface area (Å²) in [5.41, 5.74) is 0.637. The number of aliphatic carboxylic acids is 1. The van der Waals surface area contributed by atoms with Crippen LogP contribution in [0.15, 0.2) is 24.3 Å². The number of hydrogen-bond donors (Lipinski definition) is 3. The summed E-state index contributed by atoms with van der Waals surface area (Å²) < 4.78 is 0. The van der Waals surface area contributed by atoms with Gasteiger partial charge < -0.3 is 15.5 Å². The van der Waals surface area contributed by atoms with E-state index in [4.69, 9.17) is 5.11 Å². The number of unbranched alkanes of at least 4 members (excludes halogenated alkanes) is 2. The molecule has 0 aromatic heterocycles. The van der Waals surface area contributed by atoms with Crippen molar-refractivity contribution in [2.75, 3.05) is 5.32 Å². The molecule has 0 saturated heterocycles. The Hall–Kier alpha value is -2.37. The van der Waals surface area contributed by atoms with Crippen molar-refractivity contribution in [1.82, 2.24) is 0 Å². The smallest absolute Gasteiger partial charge is 0.335 e. The number of nitrogens with one attached hydrogen (secondary N) is 1. The van der Waals surface area contributed by atoms with Gasteiger partial charge in [0.2, 0.25) is 5.91 Å². The van der Waals surface area contributed by atoms with Crippen molar-refractivity contribution in [3.8, 4) is 0 Å². The van der Waals surface area contributed by atoms with Crippen LogP contribution in [0.1, 0.15) is 56.3 Å². The number of amides is 1. The van der Waals surface area contributed by atoms with Gasteiger partial charge in [-0.1, -0.05) is 33.1 Å². The Bertz CT molecular complexity index is 567. The van der Waals surface area contributed by atoms with E-state index < -0.39 is 17.9 Å². The predicted molar refractivity (Wildman–Crippen MR) is 91.1 cm³/mol. The van der Waals surface area contributed by atoms with Crippen LogP contribution < -0.4 is 5.32 Å². The number of carboxylic acid groups (broad SMARTS) is 2. The Balaban J connectivity index is 2.57. The molecule has 1 aromatic carbocycles. The van der Waals surface area contributed by atoms with Crippen LogP contribution in [-0.4, -0.2) is 28.1 Å². The van der Waals surface area contributed by atoms with Crippen molar-refractivity contribution in [3.63, 3.8) is 0 Å². The van der Waals surface area contributed by atoms with Crippen LogP contribution in [0.2, 0.25) is 0 Å². The third-order valence-electron chi connectivity index (χ3n) is 4.05. The minimum absolute atomic E-state index is 0.115. The highest BCUT2D eigenvalue weighted by Crippen LogP contribution is 2.23. The molecule has 0 saturated carbocycles. The number of carbonyl (C=O) groups is 3. The summed E-state index contributed by atoms with van der Waals surface area (Å²) in [5, 5.41) is 20.9. The van der Waals surface area contributed by atoms with Gasteiger partial charge in [0.05, 0.1) is 11.5 Å². The van der Waals surface area contributed by atoms with Gasteiger partial charge in [0.15, 0.2) is 0 Å². The zero-order chi connectivity index (χ0) is 18.1. The maximum absolute atomic E-state index is 12.1. The average molecular weight is 335 g/mol. The molecule has 0 radical (unpaired) electrons. The second-order valence-corrected chi connectivity index (χ2v) is 6.05. The monoisotopic (exact) mass is 335 g/mol. The predicted octanol–water partition coefficient (Wildman–Crippen LogP) is 3.63. The van der Waals surface area contributed by atoms with E-state index >= 15 is 0 Å². The Labute approximate surface area is 141 Å². The van der Waals surface area contributed by atoms with Crippen molar-refractivity contribution in [1.29, 1.82) is 0 Å². The number of carbonyl (C=O) groups excluding carboxylic acids is 1. The van der Waals surface area contributed by atoms with Crippen LogP contribution in [0.25, 0.3) is 0 Å². The van der Waals surface area contributed by atoms with Crippen molar-refractivity contribution >= 4 is 23.5 Å². The lowest BCUT2D eigenvalue weighted by atomic mass is 9.86. The van der Waals surface area contributed by atoms with Crippen LogP contribution in [-0.2, 0) is 9.59 Å². The second kappa shape index (κ2) is 9.70. The van der Waals surface area contributed by atoms with Gasteiger partial charge in [-0.05, 0) is 36.6 Å². The molecule has 0 fully saturated rings. The highest BCUT2D eigenvalue weighted by Gasteiger charge is 2.26. The Morgan fingerprint density at radius 1 is 1.08 bits per heavy atom. The van der Waals surface area contributed by atoms with Crippen molar-refractivity contribution in [3.05, 3.63) is 29.8 Å². The molecule has 1 rings (SSSR count). The van der Waals surface area contributed by atoms with Gasteiger partial charge in [-0.3, -0.25) is 9.59 Å². The van der Waals surface area contributed by atoms with Crippen LogP contribution in [0, 0.1) is 11.8 Å². The maximum atomic E-state index is 12.1. The molecular formula is C18H25NO5. The van der Waals surface area contributed by atoms with Gasteiger partial charge in [-0.25, -0.2) is 4.79 Å². The molecule has 0 heterocycles. The van der Waals surface area contributed by atoms with Crippen molar-refractivity contribution in [2.45, 2.75) is 46.0 Å². The number of benzene rings is 1. The molecule has 2 atom stereocenters. The van der Waals surface area contributed by atoms with Gasteiger partial charge >= 0.3 is 11.9 Å². The van der Waals surface area contributed by atoms with E-state index in [1.807, 2.05) is 0 Å². The van der Waals surface area contributed by atoms with Crippen LogP contribution in [0.5, 0.6) is 0 Å². The van der Waals surface area contributed by atoms with Gasteiger partial charge in [0.25, 0.3) is 0 Å². The van der Waals surface area contributed by atoms with Gasteiger partial charge in [0, 0.05) is 12.1 Å². The van der Waals surface area contributed by atoms with E-state index in [9.17, 15) is 19.5 Å². The molecule has 24 heavy (non-hydrogen) atoms. The molecule has 0 aliphatic heterocycles. The Morgan fingerprint density at radius 3 is 2.21 bits per heavy atom. The van der Waals surface area contributed by atoms with E-state index in [2.05, 4.69) is 12.2 Å². The molecule has 0 spiro atoms. The fraction of sp³-hybridized carbons (Fsp3) is 0.500. The largest absolute Gasteiger partial charge is 0.481 e. The van der Waals surface area contributed by atoms with Crippen LogP contribution in [0.4, 0.5) is 5.69 Å². The first-order valence-electron chi connectivity index (χ1n) is 8.21. The number of hydrogen-bond acceptors (Lipinski definition) is 3. The summed E-state index contributed by atoms with van der Waals surface area (Å²) >= 11 is 0. The summed E-state index contributed by atoms with van der Waals surface area (Å²) in [5.74, 6) is -2.96. The van der Waals surface area contributed by atoms with E-state index in [0.29, 0.717) is 12.1 Å². The zero-order valence-electron chi connectivity index (χ0n) is 14.1. The quantitative estimate of drug-likeness (QED) is 0.566. The van der Waals surface area contributed by atoms with Gasteiger partial charge in [-0.2, -0.15) is 0 Å². The fourth-order valence-electron chi connectivity index (χ4n) is 2.61. The lowest BCUT2D eigenvalue weighted by molar-refractivity contribution is -0.144. The Kier molecular flexibility index (Phi) is 7.95. The molecule has 1 amide bonds. The molecule has 6 heteroatoms. The molecular weight excluding hydrogens is 310 g/mol. The van der Waals surface area contributed by atoms with E-state index in [0.717, 1.165) is 19.3 Å². The summed E-state index contributed by atoms with van der Waals surface area (Å²) in [6.45, 7) is 3.83. The lowest BCUT2D eigenvalue weighted by Crippen LogP contribution is -2.26. The third kappa shape index (κ3) is 6.40. The number of carboxylic acids is 2. The summed E-state index contributed by atoms with van der Waals surface area (Å²) in [7, 11) is 0. The fourth-order valence-corrected chi connectivity index (χ4v) is 2.61. The lowest BCUT2D eigenvalue weighted by Gasteiger charge is -2.19. The van der Waals surface area contributed by atoms with Crippen LogP contribution >= 0.6 is 0 Å². The minimum Gasteiger partial charge on any atom is -0.481 e.